The van der Waals surface area contributed by atoms with Crippen LogP contribution in [-0.4, -0.2) is 49.0 Å². The van der Waals surface area contributed by atoms with Gasteiger partial charge in [-0.05, 0) is 34.1 Å². The highest BCUT2D eigenvalue weighted by molar-refractivity contribution is 4.83. The van der Waals surface area contributed by atoms with Crippen molar-refractivity contribution in [3.63, 3.8) is 0 Å². The summed E-state index contributed by atoms with van der Waals surface area (Å²) in [6, 6.07) is -0.457. The maximum Gasteiger partial charge on any atom is 0.401 e. The largest absolute Gasteiger partial charge is 0.401 e. The number of ether oxygens (including phenoxy) is 1. The third-order valence-corrected chi connectivity index (χ3v) is 3.26. The van der Waals surface area contributed by atoms with Gasteiger partial charge in [-0.3, -0.25) is 4.90 Å². The lowest BCUT2D eigenvalue weighted by atomic mass is 9.96. The zero-order valence-corrected chi connectivity index (χ0v) is 11.8. The van der Waals surface area contributed by atoms with Crippen molar-refractivity contribution < 1.29 is 17.9 Å². The van der Waals surface area contributed by atoms with E-state index >= 15 is 0 Å². The Morgan fingerprint density at radius 3 is 2.06 bits per heavy atom. The zero-order valence-electron chi connectivity index (χ0n) is 11.8. The maximum atomic E-state index is 12.4. The predicted molar refractivity (Wildman–Crippen MR) is 66.4 cm³/mol. The molecule has 0 aromatic carbocycles. The minimum Gasteiger partial charge on any atom is -0.377 e. The number of nitrogens with zero attached hydrogens (tertiary/aromatic N) is 1. The molecule has 0 saturated heterocycles. The molecule has 0 fully saturated rings. The highest BCUT2D eigenvalue weighted by Crippen LogP contribution is 2.20. The first kappa shape index (κ1) is 17.7. The van der Waals surface area contributed by atoms with Crippen LogP contribution in [0, 0.1) is 0 Å². The average Bonchev–Trinajstić information content (AvgIpc) is 2.21. The van der Waals surface area contributed by atoms with Gasteiger partial charge in [0.05, 0.1) is 12.1 Å². The smallest absolute Gasteiger partial charge is 0.377 e. The Labute approximate surface area is 107 Å². The molecule has 6 heteroatoms. The Hall–Kier alpha value is -0.330. The molecule has 0 amide bonds. The highest BCUT2D eigenvalue weighted by atomic mass is 19.4. The molecule has 18 heavy (non-hydrogen) atoms. The summed E-state index contributed by atoms with van der Waals surface area (Å²) < 4.78 is 42.4. The molecule has 0 bridgehead atoms. The van der Waals surface area contributed by atoms with Gasteiger partial charge in [0.1, 0.15) is 0 Å². The molecule has 110 valence electrons. The standard InChI is InChI=1S/C12H25F3N2O/c1-9(2)17(8-12(13,14)15)7-6-10(16)11(3,4)18-5/h9-10H,6-8,16H2,1-5H3. The first-order valence-corrected chi connectivity index (χ1v) is 6.11. The Morgan fingerprint density at radius 1 is 1.22 bits per heavy atom. The number of alkyl halides is 3. The Balaban J connectivity index is 4.37. The topological polar surface area (TPSA) is 38.5 Å². The number of rotatable bonds is 7. The molecule has 0 spiro atoms. The third-order valence-electron chi connectivity index (χ3n) is 3.26. The van der Waals surface area contributed by atoms with Crippen molar-refractivity contribution in [3.05, 3.63) is 0 Å². The number of methoxy groups -OCH3 is 1. The van der Waals surface area contributed by atoms with E-state index in [0.29, 0.717) is 13.0 Å². The van der Waals surface area contributed by atoms with Crippen molar-refractivity contribution in [2.75, 3.05) is 20.2 Å². The molecule has 1 unspecified atom stereocenters. The van der Waals surface area contributed by atoms with Crippen LogP contribution in [-0.2, 0) is 4.74 Å². The normalized spacial score (nSPS) is 15.5. The van der Waals surface area contributed by atoms with Crippen LogP contribution in [0.4, 0.5) is 13.2 Å². The minimum absolute atomic E-state index is 0.163. The van der Waals surface area contributed by atoms with E-state index in [0.717, 1.165) is 0 Å². The number of nitrogens with two attached hydrogens (primary N) is 1. The molecule has 0 aromatic rings. The molecule has 0 saturated carbocycles. The van der Waals surface area contributed by atoms with Crippen LogP contribution >= 0.6 is 0 Å². The summed E-state index contributed by atoms with van der Waals surface area (Å²) in [5, 5.41) is 0. The summed E-state index contributed by atoms with van der Waals surface area (Å²) in [5.41, 5.74) is 5.41. The van der Waals surface area contributed by atoms with Crippen molar-refractivity contribution in [1.82, 2.24) is 4.90 Å². The molecule has 0 aliphatic heterocycles. The van der Waals surface area contributed by atoms with Gasteiger partial charge >= 0.3 is 6.18 Å². The van der Waals surface area contributed by atoms with E-state index in [2.05, 4.69) is 0 Å². The maximum absolute atomic E-state index is 12.4. The molecule has 2 N–H and O–H groups in total. The van der Waals surface area contributed by atoms with Crippen molar-refractivity contribution in [1.29, 1.82) is 0 Å². The van der Waals surface area contributed by atoms with Gasteiger partial charge < -0.3 is 10.5 Å². The van der Waals surface area contributed by atoms with Crippen LogP contribution in [0.25, 0.3) is 0 Å². The zero-order chi connectivity index (χ0) is 14.6. The summed E-state index contributed by atoms with van der Waals surface area (Å²) in [6.45, 7) is 6.58. The Kier molecular flexibility index (Phi) is 6.60. The lowest BCUT2D eigenvalue weighted by molar-refractivity contribution is -0.150. The van der Waals surface area contributed by atoms with Gasteiger partial charge in [-0.1, -0.05) is 0 Å². The monoisotopic (exact) mass is 270 g/mol. The van der Waals surface area contributed by atoms with Gasteiger partial charge in [0.25, 0.3) is 0 Å². The molecule has 0 rings (SSSR count). The fourth-order valence-corrected chi connectivity index (χ4v) is 1.55. The second kappa shape index (κ2) is 6.73. The highest BCUT2D eigenvalue weighted by Gasteiger charge is 2.33. The Morgan fingerprint density at radius 2 is 1.72 bits per heavy atom. The molecular formula is C12H25F3N2O. The van der Waals surface area contributed by atoms with Crippen molar-refractivity contribution >= 4 is 0 Å². The second-order valence-corrected chi connectivity index (χ2v) is 5.38. The van der Waals surface area contributed by atoms with Crippen molar-refractivity contribution in [2.24, 2.45) is 5.73 Å². The van der Waals surface area contributed by atoms with Gasteiger partial charge in [-0.2, -0.15) is 13.2 Å². The molecule has 0 aliphatic rings. The van der Waals surface area contributed by atoms with Crippen LogP contribution < -0.4 is 5.73 Å². The van der Waals surface area contributed by atoms with Crippen LogP contribution in [0.1, 0.15) is 34.1 Å². The average molecular weight is 270 g/mol. The van der Waals surface area contributed by atoms with E-state index in [-0.39, 0.29) is 12.1 Å². The van der Waals surface area contributed by atoms with E-state index in [9.17, 15) is 13.2 Å². The summed E-state index contributed by atoms with van der Waals surface area (Å²) in [5.74, 6) is 0. The number of halogens is 3. The molecule has 0 radical (unpaired) electrons. The lowest BCUT2D eigenvalue weighted by Gasteiger charge is -2.33. The summed E-state index contributed by atoms with van der Waals surface area (Å²) in [4.78, 5) is 1.38. The van der Waals surface area contributed by atoms with E-state index in [4.69, 9.17) is 10.5 Å². The summed E-state index contributed by atoms with van der Waals surface area (Å²) >= 11 is 0. The molecular weight excluding hydrogens is 245 g/mol. The van der Waals surface area contributed by atoms with E-state index in [1.54, 1.807) is 21.0 Å². The molecule has 0 aliphatic carbocycles. The number of hydrogen-bond acceptors (Lipinski definition) is 3. The van der Waals surface area contributed by atoms with Gasteiger partial charge in [-0.15, -0.1) is 0 Å². The molecule has 1 atom stereocenters. The van der Waals surface area contributed by atoms with E-state index in [1.165, 1.54) is 4.90 Å². The minimum atomic E-state index is -4.18. The van der Waals surface area contributed by atoms with Crippen molar-refractivity contribution in [2.45, 2.75) is 58.0 Å². The van der Waals surface area contributed by atoms with Gasteiger partial charge in [0.15, 0.2) is 0 Å². The Bertz CT molecular complexity index is 242. The third kappa shape index (κ3) is 6.56. The van der Waals surface area contributed by atoms with Gasteiger partial charge in [0.2, 0.25) is 0 Å². The first-order valence-electron chi connectivity index (χ1n) is 6.11. The van der Waals surface area contributed by atoms with Crippen LogP contribution in [0.15, 0.2) is 0 Å². The van der Waals surface area contributed by atoms with E-state index in [1.807, 2.05) is 13.8 Å². The number of hydrogen-bond donors (Lipinski definition) is 1. The van der Waals surface area contributed by atoms with Crippen LogP contribution in [0.5, 0.6) is 0 Å². The second-order valence-electron chi connectivity index (χ2n) is 5.38. The molecule has 3 nitrogen and oxygen atoms in total. The van der Waals surface area contributed by atoms with Crippen LogP contribution in [0.2, 0.25) is 0 Å². The van der Waals surface area contributed by atoms with Crippen molar-refractivity contribution in [3.8, 4) is 0 Å². The predicted octanol–water partition coefficient (Wildman–Crippen LogP) is 2.40. The van der Waals surface area contributed by atoms with E-state index < -0.39 is 18.3 Å². The van der Waals surface area contributed by atoms with Gasteiger partial charge in [-0.25, -0.2) is 0 Å². The first-order chi connectivity index (χ1) is 7.99. The van der Waals surface area contributed by atoms with Gasteiger partial charge in [0, 0.05) is 25.7 Å². The fraction of sp³-hybridized carbons (Fsp3) is 1.00. The van der Waals surface area contributed by atoms with Crippen LogP contribution in [0.3, 0.4) is 0 Å². The summed E-state index contributed by atoms with van der Waals surface area (Å²) in [6.07, 6.45) is -3.71. The quantitative estimate of drug-likeness (QED) is 0.772. The SMILES string of the molecule is COC(C)(C)C(N)CCN(CC(F)(F)F)C(C)C. The molecule has 0 heterocycles. The molecule has 0 aromatic heterocycles. The lowest BCUT2D eigenvalue weighted by Crippen LogP contribution is -2.48. The summed E-state index contributed by atoms with van der Waals surface area (Å²) in [7, 11) is 1.55. The fourth-order valence-electron chi connectivity index (χ4n) is 1.55.